The van der Waals surface area contributed by atoms with Crippen molar-refractivity contribution in [1.82, 2.24) is 0 Å². The smallest absolute Gasteiger partial charge is 0.192 e. The third kappa shape index (κ3) is 3.60. The molecule has 1 aliphatic heterocycles. The van der Waals surface area contributed by atoms with Crippen LogP contribution in [0.4, 0.5) is 0 Å². The van der Waals surface area contributed by atoms with Gasteiger partial charge in [-0.2, -0.15) is 0 Å². The van der Waals surface area contributed by atoms with E-state index in [1.165, 1.54) is 11.5 Å². The lowest BCUT2D eigenvalue weighted by molar-refractivity contribution is 0.263. The van der Waals surface area contributed by atoms with Crippen LogP contribution in [-0.2, 0) is 4.43 Å². The minimum Gasteiger partial charge on any atom is -0.415 e. The summed E-state index contributed by atoms with van der Waals surface area (Å²) < 4.78 is 6.19. The van der Waals surface area contributed by atoms with Crippen molar-refractivity contribution in [3.05, 3.63) is 0 Å². The minimum absolute atomic E-state index is 0.303. The number of hydrogen-bond acceptors (Lipinski definition) is 3. The van der Waals surface area contributed by atoms with Crippen molar-refractivity contribution in [1.29, 1.82) is 0 Å². The molecular weight excluding hydrogens is 234 g/mol. The zero-order chi connectivity index (χ0) is 12.4. The summed E-state index contributed by atoms with van der Waals surface area (Å²) >= 11 is 1.78. The van der Waals surface area contributed by atoms with Crippen LogP contribution in [0.1, 0.15) is 33.6 Å². The van der Waals surface area contributed by atoms with E-state index in [1.807, 2.05) is 0 Å². The monoisotopic (exact) mass is 259 g/mol. The molecule has 0 saturated heterocycles. The van der Waals surface area contributed by atoms with E-state index < -0.39 is 8.32 Å². The first-order valence-electron chi connectivity index (χ1n) is 6.01. The Labute approximate surface area is 105 Å². The summed E-state index contributed by atoms with van der Waals surface area (Å²) in [6.45, 7) is 12.3. The number of nitrogens with zero attached hydrogens (tertiary/aromatic N) is 1. The summed E-state index contributed by atoms with van der Waals surface area (Å²) in [7, 11) is -1.58. The molecular formula is C12H25NOSSi. The molecule has 0 spiro atoms. The topological polar surface area (TPSA) is 21.6 Å². The third-order valence-corrected chi connectivity index (χ3v) is 8.98. The zero-order valence-corrected chi connectivity index (χ0v) is 13.3. The molecule has 0 aromatic heterocycles. The molecule has 0 aromatic carbocycles. The lowest BCUT2D eigenvalue weighted by Crippen LogP contribution is -2.42. The molecule has 0 N–H and O–H groups in total. The molecule has 2 nitrogen and oxygen atoms in total. The predicted octanol–water partition coefficient (Wildman–Crippen LogP) is 3.93. The minimum atomic E-state index is -1.58. The Morgan fingerprint density at radius 2 is 2.06 bits per heavy atom. The largest absolute Gasteiger partial charge is 0.415 e. The fraction of sp³-hybridized carbons (Fsp3) is 0.917. The maximum Gasteiger partial charge on any atom is 0.192 e. The van der Waals surface area contributed by atoms with Gasteiger partial charge in [-0.3, -0.25) is 4.99 Å². The van der Waals surface area contributed by atoms with Crippen LogP contribution < -0.4 is 0 Å². The van der Waals surface area contributed by atoms with Gasteiger partial charge < -0.3 is 4.43 Å². The second-order valence-electron chi connectivity index (χ2n) is 5.99. The third-order valence-electron chi connectivity index (χ3n) is 3.70. The Balaban J connectivity index is 2.44. The molecule has 0 bridgehead atoms. The van der Waals surface area contributed by atoms with Gasteiger partial charge in [-0.1, -0.05) is 20.8 Å². The van der Waals surface area contributed by atoms with Crippen LogP contribution in [0.2, 0.25) is 18.1 Å². The molecule has 0 aliphatic carbocycles. The van der Waals surface area contributed by atoms with E-state index in [4.69, 9.17) is 4.43 Å². The summed E-state index contributed by atoms with van der Waals surface area (Å²) in [5.41, 5.74) is 0. The van der Waals surface area contributed by atoms with Crippen molar-refractivity contribution >= 4 is 25.1 Å². The summed E-state index contributed by atoms with van der Waals surface area (Å²) in [6, 6.07) is 0.413. The SMILES string of the molecule is CSC1=NC(CO[Si](C)(C)C(C)(C)C)CC1. The highest BCUT2D eigenvalue weighted by Gasteiger charge is 2.37. The second-order valence-corrected chi connectivity index (χ2v) is 11.7. The van der Waals surface area contributed by atoms with Gasteiger partial charge in [0.2, 0.25) is 0 Å². The second kappa shape index (κ2) is 5.23. The first kappa shape index (κ1) is 14.3. The Morgan fingerprint density at radius 1 is 1.44 bits per heavy atom. The normalized spacial score (nSPS) is 22.4. The van der Waals surface area contributed by atoms with Crippen molar-refractivity contribution in [3.8, 4) is 0 Å². The fourth-order valence-electron chi connectivity index (χ4n) is 1.42. The van der Waals surface area contributed by atoms with Crippen LogP contribution in [0.5, 0.6) is 0 Å². The van der Waals surface area contributed by atoms with Crippen LogP contribution in [0, 0.1) is 0 Å². The molecule has 0 aromatic rings. The van der Waals surface area contributed by atoms with Gasteiger partial charge >= 0.3 is 0 Å². The Morgan fingerprint density at radius 3 is 2.50 bits per heavy atom. The van der Waals surface area contributed by atoms with Gasteiger partial charge in [0, 0.05) is 0 Å². The maximum atomic E-state index is 6.19. The van der Waals surface area contributed by atoms with Crippen molar-refractivity contribution < 1.29 is 4.43 Å². The van der Waals surface area contributed by atoms with Crippen LogP contribution in [-0.4, -0.2) is 32.3 Å². The lowest BCUT2D eigenvalue weighted by atomic mass is 10.2. The van der Waals surface area contributed by atoms with Crippen molar-refractivity contribution in [3.63, 3.8) is 0 Å². The first-order chi connectivity index (χ1) is 7.26. The van der Waals surface area contributed by atoms with Gasteiger partial charge in [0.05, 0.1) is 17.7 Å². The fourth-order valence-corrected chi connectivity index (χ4v) is 3.04. The molecule has 1 atom stereocenters. The molecule has 16 heavy (non-hydrogen) atoms. The van der Waals surface area contributed by atoms with Crippen LogP contribution in [0.3, 0.4) is 0 Å². The highest BCUT2D eigenvalue weighted by atomic mass is 32.2. The van der Waals surface area contributed by atoms with Gasteiger partial charge in [-0.05, 0) is 37.2 Å². The van der Waals surface area contributed by atoms with E-state index in [0.29, 0.717) is 11.1 Å². The van der Waals surface area contributed by atoms with E-state index in [1.54, 1.807) is 11.8 Å². The summed E-state index contributed by atoms with van der Waals surface area (Å²) in [5.74, 6) is 0. The maximum absolute atomic E-state index is 6.19. The van der Waals surface area contributed by atoms with E-state index >= 15 is 0 Å². The highest BCUT2D eigenvalue weighted by molar-refractivity contribution is 8.13. The van der Waals surface area contributed by atoms with Gasteiger partial charge in [0.1, 0.15) is 0 Å². The van der Waals surface area contributed by atoms with E-state index in [9.17, 15) is 0 Å². The highest BCUT2D eigenvalue weighted by Crippen LogP contribution is 2.37. The number of thioether (sulfide) groups is 1. The van der Waals surface area contributed by atoms with E-state index in [0.717, 1.165) is 13.0 Å². The van der Waals surface area contributed by atoms with Gasteiger partial charge in [0.25, 0.3) is 0 Å². The van der Waals surface area contributed by atoms with Crippen molar-refractivity contribution in [2.24, 2.45) is 4.99 Å². The Kier molecular flexibility index (Phi) is 4.66. The van der Waals surface area contributed by atoms with Gasteiger partial charge in [-0.25, -0.2) is 0 Å². The zero-order valence-electron chi connectivity index (χ0n) is 11.5. The lowest BCUT2D eigenvalue weighted by Gasteiger charge is -2.36. The van der Waals surface area contributed by atoms with Crippen LogP contribution in [0.15, 0.2) is 4.99 Å². The molecule has 0 fully saturated rings. The quantitative estimate of drug-likeness (QED) is 0.716. The average molecular weight is 259 g/mol. The molecule has 1 rings (SSSR count). The van der Waals surface area contributed by atoms with E-state index in [-0.39, 0.29) is 0 Å². The van der Waals surface area contributed by atoms with Crippen LogP contribution in [0.25, 0.3) is 0 Å². The van der Waals surface area contributed by atoms with Gasteiger partial charge in [0.15, 0.2) is 8.32 Å². The van der Waals surface area contributed by atoms with Crippen LogP contribution >= 0.6 is 11.8 Å². The first-order valence-corrected chi connectivity index (χ1v) is 10.1. The van der Waals surface area contributed by atoms with Crippen molar-refractivity contribution in [2.75, 3.05) is 12.9 Å². The molecule has 94 valence electrons. The number of aliphatic imine (C=N–C) groups is 1. The van der Waals surface area contributed by atoms with Crippen molar-refractivity contribution in [2.45, 2.75) is 57.8 Å². The summed E-state index contributed by atoms with van der Waals surface area (Å²) in [6.07, 6.45) is 4.42. The standard InChI is InChI=1S/C12H25NOSSi/c1-12(2,3)16(5,6)14-9-10-7-8-11(13-10)15-4/h10H,7-9H2,1-6H3. The number of hydrogen-bond donors (Lipinski definition) is 0. The number of rotatable bonds is 3. The molecule has 0 amide bonds. The average Bonchev–Trinajstić information content (AvgIpc) is 2.60. The molecule has 0 radical (unpaired) electrons. The predicted molar refractivity (Wildman–Crippen MR) is 77.1 cm³/mol. The Bertz CT molecular complexity index is 271. The Hall–Kier alpha value is 0.197. The molecule has 0 saturated carbocycles. The molecule has 4 heteroatoms. The molecule has 1 unspecified atom stereocenters. The van der Waals surface area contributed by atoms with Gasteiger partial charge in [-0.15, -0.1) is 11.8 Å². The molecule has 1 aliphatic rings. The summed E-state index contributed by atoms with van der Waals surface area (Å²) in [4.78, 5) is 4.67. The summed E-state index contributed by atoms with van der Waals surface area (Å²) in [5, 5.41) is 1.60. The molecule has 1 heterocycles. The van der Waals surface area contributed by atoms with E-state index in [2.05, 4.69) is 45.1 Å².